The molecule has 0 heterocycles. The van der Waals surface area contributed by atoms with Crippen LogP contribution in [-0.4, -0.2) is 13.6 Å². The Morgan fingerprint density at radius 3 is 2.33 bits per heavy atom. The molecule has 0 N–H and O–H groups in total. The van der Waals surface area contributed by atoms with Crippen LogP contribution in [0.1, 0.15) is 13.8 Å². The predicted molar refractivity (Wildman–Crippen MR) is 60.0 cm³/mol. The van der Waals surface area contributed by atoms with E-state index >= 15 is 0 Å². The fourth-order valence-corrected chi connectivity index (χ4v) is 1.17. The third-order valence-electron chi connectivity index (χ3n) is 2.07. The van der Waals surface area contributed by atoms with E-state index < -0.39 is 18.3 Å². The minimum absolute atomic E-state index is 0. The number of benzene rings is 1. The number of rotatable bonds is 4. The van der Waals surface area contributed by atoms with Gasteiger partial charge >= 0.3 is 58.4 Å². The molecule has 0 saturated carbocycles. The molecule has 0 saturated heterocycles. The van der Waals surface area contributed by atoms with Crippen molar-refractivity contribution >= 4 is 12.4 Å². The molecule has 0 amide bonds. The van der Waals surface area contributed by atoms with Gasteiger partial charge in [0.25, 0.3) is 0 Å². The molecule has 0 atom stereocenters. The maximum absolute atomic E-state index is 13.1. The molecule has 7 heteroatoms. The van der Waals surface area contributed by atoms with E-state index in [0.29, 0.717) is 6.07 Å². The van der Waals surface area contributed by atoms with Crippen molar-refractivity contribution in [2.24, 2.45) is 0 Å². The molecule has 0 aliphatic carbocycles. The summed E-state index contributed by atoms with van der Waals surface area (Å²) in [4.78, 5) is 0. The van der Waals surface area contributed by atoms with Crippen molar-refractivity contribution in [1.82, 2.24) is 0 Å². The first-order valence-electron chi connectivity index (χ1n) is 5.06. The number of hydrogen-bond donors (Lipinski definition) is 0. The number of ether oxygens (including phenoxy) is 1. The van der Waals surface area contributed by atoms with Gasteiger partial charge in [-0.3, -0.25) is 0 Å². The van der Waals surface area contributed by atoms with Crippen molar-refractivity contribution in [3.05, 3.63) is 35.7 Å². The molecule has 1 aromatic rings. The molecule has 94 valence electrons. The van der Waals surface area contributed by atoms with Gasteiger partial charge in [-0.1, -0.05) is 17.1 Å². The number of halogens is 4. The summed E-state index contributed by atoms with van der Waals surface area (Å²) in [5, 5.41) is 0. The maximum Gasteiger partial charge on any atom is 1.00 e. The van der Waals surface area contributed by atoms with Crippen molar-refractivity contribution in [2.45, 2.75) is 13.8 Å². The molecule has 0 bridgehead atoms. The first-order valence-corrected chi connectivity index (χ1v) is 5.06. The van der Waals surface area contributed by atoms with Crippen LogP contribution >= 0.6 is 0 Å². The minimum Gasteiger partial charge on any atom is -0.489 e. The summed E-state index contributed by atoms with van der Waals surface area (Å²) in [6.45, 7) is -1.39. The van der Waals surface area contributed by atoms with Crippen LogP contribution in [0.3, 0.4) is 0 Å². The molecule has 1 aromatic carbocycles. The number of allylic oxidation sites excluding steroid dienone is 1. The Bertz CT molecular complexity index is 428. The van der Waals surface area contributed by atoms with Gasteiger partial charge < -0.3 is 17.7 Å². The predicted octanol–water partition coefficient (Wildman–Crippen LogP) is 0.229. The number of hydrogen-bond acceptors (Lipinski definition) is 1. The average Bonchev–Trinajstić information content (AvgIpc) is 2.14. The summed E-state index contributed by atoms with van der Waals surface area (Å²) < 4.78 is 55.2. The van der Waals surface area contributed by atoms with Crippen molar-refractivity contribution < 1.29 is 73.5 Å². The molecular formula is C11H12BF4KO. The molecule has 0 aromatic heterocycles. The molecule has 0 aliphatic rings. The van der Waals surface area contributed by atoms with Crippen LogP contribution in [0, 0.1) is 5.82 Å². The smallest absolute Gasteiger partial charge is 0.489 e. The van der Waals surface area contributed by atoms with Crippen LogP contribution in [0.2, 0.25) is 0 Å². The second kappa shape index (κ2) is 7.69. The largest absolute Gasteiger partial charge is 1.00 e. The third kappa shape index (κ3) is 5.88. The van der Waals surface area contributed by atoms with E-state index in [1.807, 2.05) is 13.8 Å². The molecule has 0 aliphatic heterocycles. The van der Waals surface area contributed by atoms with E-state index in [1.165, 1.54) is 0 Å². The van der Waals surface area contributed by atoms with E-state index in [0.717, 1.165) is 17.7 Å². The van der Waals surface area contributed by atoms with Gasteiger partial charge in [0.15, 0.2) is 0 Å². The van der Waals surface area contributed by atoms with Crippen LogP contribution < -0.4 is 61.6 Å². The van der Waals surface area contributed by atoms with Crippen molar-refractivity contribution in [3.63, 3.8) is 0 Å². The Labute approximate surface area is 146 Å². The summed E-state index contributed by atoms with van der Waals surface area (Å²) in [5.41, 5.74) is -0.208. The van der Waals surface area contributed by atoms with Gasteiger partial charge in [-0.25, -0.2) is 4.39 Å². The van der Waals surface area contributed by atoms with Crippen LogP contribution in [0.15, 0.2) is 29.8 Å². The van der Waals surface area contributed by atoms with Crippen molar-refractivity contribution in [3.8, 4) is 5.75 Å². The molecule has 1 rings (SSSR count). The second-order valence-corrected chi connectivity index (χ2v) is 3.85. The first kappa shape index (κ1) is 18.2. The van der Waals surface area contributed by atoms with Crippen LogP contribution in [0.25, 0.3) is 0 Å². The quantitative estimate of drug-likeness (QED) is 0.437. The Hall–Kier alpha value is 0.181. The average molecular weight is 286 g/mol. The zero-order valence-corrected chi connectivity index (χ0v) is 13.6. The van der Waals surface area contributed by atoms with Gasteiger partial charge in [-0.15, -0.1) is 0 Å². The molecular weight excluding hydrogens is 274 g/mol. The van der Waals surface area contributed by atoms with E-state index in [4.69, 9.17) is 4.74 Å². The topological polar surface area (TPSA) is 9.23 Å². The molecule has 1 nitrogen and oxygen atoms in total. The van der Waals surface area contributed by atoms with Gasteiger partial charge in [0, 0.05) is 6.07 Å². The van der Waals surface area contributed by atoms with Gasteiger partial charge in [-0.05, 0) is 26.0 Å². The van der Waals surface area contributed by atoms with Crippen LogP contribution in [0.5, 0.6) is 5.75 Å². The van der Waals surface area contributed by atoms with Crippen LogP contribution in [0.4, 0.5) is 17.3 Å². The molecule has 18 heavy (non-hydrogen) atoms. The summed E-state index contributed by atoms with van der Waals surface area (Å²) in [7, 11) is 0. The minimum atomic E-state index is -5.31. The van der Waals surface area contributed by atoms with Crippen LogP contribution in [-0.2, 0) is 0 Å². The first-order chi connectivity index (χ1) is 7.80. The Kier molecular flexibility index (Phi) is 7.77. The Balaban J connectivity index is 0.00000289. The van der Waals surface area contributed by atoms with Crippen molar-refractivity contribution in [1.29, 1.82) is 0 Å². The monoisotopic (exact) mass is 286 g/mol. The fraction of sp³-hybridized carbons (Fsp3) is 0.273. The van der Waals surface area contributed by atoms with Crippen molar-refractivity contribution in [2.75, 3.05) is 6.61 Å². The molecule has 0 fully saturated rings. The van der Waals surface area contributed by atoms with E-state index in [1.54, 1.807) is 6.08 Å². The van der Waals surface area contributed by atoms with E-state index in [2.05, 4.69) is 0 Å². The normalized spacial score (nSPS) is 10.6. The summed E-state index contributed by atoms with van der Waals surface area (Å²) >= 11 is 0. The zero-order valence-electron chi connectivity index (χ0n) is 10.5. The van der Waals surface area contributed by atoms with Gasteiger partial charge in [-0.2, -0.15) is 0 Å². The maximum atomic E-state index is 13.1. The SMILES string of the molecule is CC(C)=CCOc1ccc([B-](F)(F)F)c(F)c1.[K+]. The summed E-state index contributed by atoms with van der Waals surface area (Å²) in [6, 6.07) is 2.57. The third-order valence-corrected chi connectivity index (χ3v) is 2.07. The standard InChI is InChI=1S/C11H12BF4O.K/c1-8(2)5-6-17-9-3-4-10(11(13)7-9)12(14,15)16;/h3-5,7H,6H2,1-2H3;/q-1;+1. The Morgan fingerprint density at radius 2 is 1.89 bits per heavy atom. The van der Waals surface area contributed by atoms with E-state index in [-0.39, 0.29) is 63.7 Å². The summed E-state index contributed by atoms with van der Waals surface area (Å²) in [6.07, 6.45) is 1.75. The van der Waals surface area contributed by atoms with E-state index in [9.17, 15) is 17.3 Å². The zero-order chi connectivity index (χ0) is 13.1. The molecule has 0 radical (unpaired) electrons. The Morgan fingerprint density at radius 1 is 1.28 bits per heavy atom. The fourth-order valence-electron chi connectivity index (χ4n) is 1.17. The second-order valence-electron chi connectivity index (χ2n) is 3.85. The molecule has 0 spiro atoms. The summed E-state index contributed by atoms with van der Waals surface area (Å²) in [5.74, 6) is -1.21. The van der Waals surface area contributed by atoms with Gasteiger partial charge in [0.05, 0.1) is 5.82 Å². The molecule has 0 unspecified atom stereocenters. The van der Waals surface area contributed by atoms with Gasteiger partial charge in [0.2, 0.25) is 0 Å². The van der Waals surface area contributed by atoms with Gasteiger partial charge in [0.1, 0.15) is 12.4 Å².